The molecule has 0 saturated carbocycles. The number of rotatable bonds is 3. The zero-order chi connectivity index (χ0) is 17.5. The van der Waals surface area contributed by atoms with E-state index in [4.69, 9.17) is 15.2 Å². The van der Waals surface area contributed by atoms with Crippen molar-refractivity contribution in [2.24, 2.45) is 5.73 Å². The van der Waals surface area contributed by atoms with E-state index in [1.54, 1.807) is 23.9 Å². The Kier molecular flexibility index (Phi) is 3.55. The number of aromatic nitrogens is 3. The van der Waals surface area contributed by atoms with Crippen LogP contribution in [0.3, 0.4) is 0 Å². The average molecular weight is 362 g/mol. The Morgan fingerprint density at radius 1 is 1.04 bits per heavy atom. The van der Waals surface area contributed by atoms with E-state index in [2.05, 4.69) is 20.3 Å². The van der Waals surface area contributed by atoms with E-state index in [0.29, 0.717) is 0 Å². The van der Waals surface area contributed by atoms with Crippen molar-refractivity contribution in [2.75, 3.05) is 6.79 Å². The summed E-state index contributed by atoms with van der Waals surface area (Å²) in [6, 6.07) is 11.2. The van der Waals surface area contributed by atoms with Crippen molar-refractivity contribution in [1.29, 1.82) is 0 Å². The molecular weight excluding hydrogens is 348 g/mol. The van der Waals surface area contributed by atoms with Crippen LogP contribution in [-0.2, 0) is 0 Å². The molecule has 1 aromatic carbocycles. The molecule has 0 saturated heterocycles. The molecule has 1 aliphatic heterocycles. The molecule has 6 nitrogen and oxygen atoms in total. The molecular formula is C19H14N4O2S. The smallest absolute Gasteiger partial charge is 0.231 e. The lowest BCUT2D eigenvalue weighted by molar-refractivity contribution is 0.174. The fourth-order valence-corrected chi connectivity index (χ4v) is 4.03. The third-order valence-corrected chi connectivity index (χ3v) is 5.27. The molecule has 0 aliphatic carbocycles. The number of thiophene rings is 1. The first-order valence-corrected chi connectivity index (χ1v) is 8.98. The summed E-state index contributed by atoms with van der Waals surface area (Å²) in [6.45, 7) is 0.252. The van der Waals surface area contributed by atoms with Gasteiger partial charge in [0.1, 0.15) is 11.2 Å². The number of hydrogen-bond acceptors (Lipinski definition) is 7. The summed E-state index contributed by atoms with van der Waals surface area (Å²) in [6.07, 6.45) is 3.29. The number of nitrogens with zero attached hydrogens (tertiary/aromatic N) is 3. The monoisotopic (exact) mass is 362 g/mol. The minimum absolute atomic E-state index is 0.252. The summed E-state index contributed by atoms with van der Waals surface area (Å²) in [5, 5.41) is 3.03. The minimum Gasteiger partial charge on any atom is -0.454 e. The molecule has 26 heavy (non-hydrogen) atoms. The highest BCUT2D eigenvalue weighted by Crippen LogP contribution is 2.41. The van der Waals surface area contributed by atoms with Crippen LogP contribution in [0.2, 0.25) is 0 Å². The van der Waals surface area contributed by atoms with Gasteiger partial charge in [-0.25, -0.2) is 9.97 Å². The summed E-state index contributed by atoms with van der Waals surface area (Å²) in [7, 11) is 0. The van der Waals surface area contributed by atoms with Crippen molar-refractivity contribution in [1.82, 2.24) is 15.0 Å². The highest BCUT2D eigenvalue weighted by Gasteiger charge is 2.21. The predicted octanol–water partition coefficient (Wildman–Crippen LogP) is 3.53. The van der Waals surface area contributed by atoms with Crippen molar-refractivity contribution >= 4 is 21.6 Å². The van der Waals surface area contributed by atoms with Crippen molar-refractivity contribution in [2.45, 2.75) is 6.04 Å². The van der Waals surface area contributed by atoms with Crippen molar-refractivity contribution in [3.05, 3.63) is 65.7 Å². The maximum atomic E-state index is 6.49. The highest BCUT2D eigenvalue weighted by molar-refractivity contribution is 7.17. The number of benzene rings is 1. The van der Waals surface area contributed by atoms with Crippen molar-refractivity contribution in [3.63, 3.8) is 0 Å². The number of fused-ring (bicyclic) bond motifs is 2. The zero-order valence-corrected chi connectivity index (χ0v) is 14.4. The first kappa shape index (κ1) is 15.2. The minimum atomic E-state index is -0.427. The molecule has 3 aromatic heterocycles. The lowest BCUT2D eigenvalue weighted by Gasteiger charge is -2.12. The van der Waals surface area contributed by atoms with Gasteiger partial charge in [-0.2, -0.15) is 0 Å². The third kappa shape index (κ3) is 2.40. The number of hydrogen-bond donors (Lipinski definition) is 1. The molecule has 1 unspecified atom stereocenters. The summed E-state index contributed by atoms with van der Waals surface area (Å²) < 4.78 is 10.9. The van der Waals surface area contributed by atoms with Crippen LogP contribution in [0, 0.1) is 0 Å². The Morgan fingerprint density at radius 3 is 2.85 bits per heavy atom. The summed E-state index contributed by atoms with van der Waals surface area (Å²) >= 11 is 1.57. The molecule has 0 radical (unpaired) electrons. The van der Waals surface area contributed by atoms with Crippen LogP contribution in [0.5, 0.6) is 11.5 Å². The Hall–Kier alpha value is -3.03. The van der Waals surface area contributed by atoms with E-state index in [-0.39, 0.29) is 6.79 Å². The largest absolute Gasteiger partial charge is 0.454 e. The van der Waals surface area contributed by atoms with Gasteiger partial charge in [0, 0.05) is 22.5 Å². The summed E-state index contributed by atoms with van der Waals surface area (Å²) in [5.41, 5.74) is 10.1. The van der Waals surface area contributed by atoms with Gasteiger partial charge in [-0.05, 0) is 29.8 Å². The molecule has 2 N–H and O–H groups in total. The van der Waals surface area contributed by atoms with E-state index in [1.165, 1.54) is 0 Å². The van der Waals surface area contributed by atoms with Gasteiger partial charge in [0.15, 0.2) is 11.5 Å². The first-order valence-electron chi connectivity index (χ1n) is 8.10. The summed E-state index contributed by atoms with van der Waals surface area (Å²) in [4.78, 5) is 14.2. The second-order valence-electron chi connectivity index (χ2n) is 5.89. The number of ether oxygens (including phenoxy) is 2. The topological polar surface area (TPSA) is 83.2 Å². The molecule has 128 valence electrons. The van der Waals surface area contributed by atoms with E-state index >= 15 is 0 Å². The zero-order valence-electron chi connectivity index (χ0n) is 13.6. The number of pyridine rings is 1. The van der Waals surface area contributed by atoms with Crippen LogP contribution in [0.25, 0.3) is 21.3 Å². The number of nitrogens with two attached hydrogens (primary N) is 1. The molecule has 1 aliphatic rings. The summed E-state index contributed by atoms with van der Waals surface area (Å²) in [5.74, 6) is 1.50. The standard InChI is InChI=1S/C19H14N4O2S/c20-17(13-3-1-2-6-21-13)18-16-12(8-26-19(16)23-9-22-18)11-4-5-14-15(7-11)25-10-24-14/h1-9,17H,10,20H2. The van der Waals surface area contributed by atoms with Crippen LogP contribution in [-0.4, -0.2) is 21.7 Å². The van der Waals surface area contributed by atoms with Gasteiger partial charge in [0.2, 0.25) is 6.79 Å². The van der Waals surface area contributed by atoms with E-state index in [1.807, 2.05) is 36.4 Å². The van der Waals surface area contributed by atoms with Gasteiger partial charge in [-0.3, -0.25) is 4.98 Å². The van der Waals surface area contributed by atoms with Crippen LogP contribution in [0.1, 0.15) is 17.4 Å². The van der Waals surface area contributed by atoms with Crippen LogP contribution in [0.15, 0.2) is 54.3 Å². The molecule has 7 heteroatoms. The fraction of sp³-hybridized carbons (Fsp3) is 0.105. The van der Waals surface area contributed by atoms with Crippen LogP contribution >= 0.6 is 11.3 Å². The second kappa shape index (κ2) is 6.05. The van der Waals surface area contributed by atoms with E-state index in [0.717, 1.165) is 44.2 Å². The molecule has 4 heterocycles. The van der Waals surface area contributed by atoms with E-state index in [9.17, 15) is 0 Å². The molecule has 0 amide bonds. The maximum absolute atomic E-state index is 6.49. The van der Waals surface area contributed by atoms with Gasteiger partial charge in [0.25, 0.3) is 0 Å². The SMILES string of the molecule is NC(c1ccccn1)c1ncnc2scc(-c3ccc4c(c3)OCO4)c12. The van der Waals surface area contributed by atoms with Gasteiger partial charge < -0.3 is 15.2 Å². The normalized spacial score (nSPS) is 13.9. The van der Waals surface area contributed by atoms with Gasteiger partial charge in [-0.1, -0.05) is 12.1 Å². The Balaban J connectivity index is 1.68. The molecule has 1 atom stereocenters. The van der Waals surface area contributed by atoms with Gasteiger partial charge in [-0.15, -0.1) is 11.3 Å². The second-order valence-corrected chi connectivity index (χ2v) is 6.75. The molecule has 0 fully saturated rings. The van der Waals surface area contributed by atoms with Crippen molar-refractivity contribution < 1.29 is 9.47 Å². The quantitative estimate of drug-likeness (QED) is 0.600. The lowest BCUT2D eigenvalue weighted by Crippen LogP contribution is -2.15. The highest BCUT2D eigenvalue weighted by atomic mass is 32.1. The first-order chi connectivity index (χ1) is 12.8. The maximum Gasteiger partial charge on any atom is 0.231 e. The predicted molar refractivity (Wildman–Crippen MR) is 99.2 cm³/mol. The molecule has 0 spiro atoms. The van der Waals surface area contributed by atoms with E-state index < -0.39 is 6.04 Å². The molecule has 5 rings (SSSR count). The average Bonchev–Trinajstić information content (AvgIpc) is 3.34. The van der Waals surface area contributed by atoms with Gasteiger partial charge in [0.05, 0.1) is 17.4 Å². The fourth-order valence-electron chi connectivity index (χ4n) is 3.11. The Labute approximate surface area is 153 Å². The lowest BCUT2D eigenvalue weighted by atomic mass is 10.0. The third-order valence-electron chi connectivity index (χ3n) is 4.38. The Bertz CT molecular complexity index is 1100. The molecule has 0 bridgehead atoms. The van der Waals surface area contributed by atoms with Crippen LogP contribution in [0.4, 0.5) is 0 Å². The molecule has 4 aromatic rings. The Morgan fingerprint density at radius 2 is 1.96 bits per heavy atom. The van der Waals surface area contributed by atoms with Crippen LogP contribution < -0.4 is 15.2 Å². The van der Waals surface area contributed by atoms with Gasteiger partial charge >= 0.3 is 0 Å². The van der Waals surface area contributed by atoms with Crippen molar-refractivity contribution in [3.8, 4) is 22.6 Å².